The molecule has 1 aliphatic heterocycles. The smallest absolute Gasteiger partial charge is 0.253 e. The van der Waals surface area contributed by atoms with Crippen molar-refractivity contribution in [3.8, 4) is 0 Å². The summed E-state index contributed by atoms with van der Waals surface area (Å²) in [6.07, 6.45) is 1.10. The van der Waals surface area contributed by atoms with Gasteiger partial charge in [0.1, 0.15) is 10.3 Å². The number of nitrogens with zero attached hydrogens (tertiary/aromatic N) is 1. The largest absolute Gasteiger partial charge is 0.323 e. The third-order valence-electron chi connectivity index (χ3n) is 3.75. The second-order valence-electron chi connectivity index (χ2n) is 5.32. The molecule has 3 rings (SSSR count). The average Bonchev–Trinajstić information content (AvgIpc) is 3.21. The van der Waals surface area contributed by atoms with Crippen LogP contribution < -0.4 is 5.32 Å². The van der Waals surface area contributed by atoms with Gasteiger partial charge in [-0.15, -0.1) is 11.3 Å². The number of rotatable bonds is 4. The summed E-state index contributed by atoms with van der Waals surface area (Å²) >= 11 is 13.1. The summed E-state index contributed by atoms with van der Waals surface area (Å²) in [5.41, 5.74) is 0.370. The summed E-state index contributed by atoms with van der Waals surface area (Å²) < 4.78 is 26.9. The Hall–Kier alpha value is -1.12. The lowest BCUT2D eigenvalue weighted by atomic mass is 10.2. The van der Waals surface area contributed by atoms with E-state index in [9.17, 15) is 13.2 Å². The Morgan fingerprint density at radius 2 is 2.08 bits per heavy atom. The first kappa shape index (κ1) is 17.7. The van der Waals surface area contributed by atoms with Gasteiger partial charge in [-0.1, -0.05) is 29.3 Å². The molecule has 0 unspecified atom stereocenters. The molecule has 9 heteroatoms. The quantitative estimate of drug-likeness (QED) is 0.841. The number of hydrogen-bond donors (Lipinski definition) is 1. The molecule has 1 aromatic carbocycles. The lowest BCUT2D eigenvalue weighted by Crippen LogP contribution is -2.42. The summed E-state index contributed by atoms with van der Waals surface area (Å²) in [5, 5.41) is 5.16. The highest BCUT2D eigenvalue weighted by Crippen LogP contribution is 2.30. The Morgan fingerprint density at radius 1 is 1.29 bits per heavy atom. The third-order valence-corrected chi connectivity index (χ3v) is 7.60. The number of anilines is 1. The lowest BCUT2D eigenvalue weighted by molar-refractivity contribution is -0.119. The van der Waals surface area contributed by atoms with Crippen molar-refractivity contribution in [2.45, 2.75) is 23.1 Å². The van der Waals surface area contributed by atoms with Gasteiger partial charge in [-0.3, -0.25) is 4.79 Å². The molecule has 0 aliphatic carbocycles. The fraction of sp³-hybridized carbons (Fsp3) is 0.267. The highest BCUT2D eigenvalue weighted by Gasteiger charge is 2.40. The topological polar surface area (TPSA) is 66.5 Å². The van der Waals surface area contributed by atoms with E-state index in [1.165, 1.54) is 10.4 Å². The molecule has 0 bridgehead atoms. The van der Waals surface area contributed by atoms with Crippen LogP contribution in [0.2, 0.25) is 10.0 Å². The zero-order valence-corrected chi connectivity index (χ0v) is 15.6. The molecule has 1 saturated heterocycles. The SMILES string of the molecule is O=C(Nc1cc(Cl)ccc1Cl)[C@@H]1CCCN1S(=O)(=O)c1cccs1. The molecular weight excluding hydrogens is 391 g/mol. The summed E-state index contributed by atoms with van der Waals surface area (Å²) in [5.74, 6) is -0.406. The van der Waals surface area contributed by atoms with E-state index in [-0.39, 0.29) is 4.21 Å². The summed E-state index contributed by atoms with van der Waals surface area (Å²) in [6, 6.07) is 7.19. The van der Waals surface area contributed by atoms with Crippen molar-refractivity contribution in [1.82, 2.24) is 4.31 Å². The molecule has 128 valence electrons. The number of amides is 1. The monoisotopic (exact) mass is 404 g/mol. The van der Waals surface area contributed by atoms with E-state index in [4.69, 9.17) is 23.2 Å². The average molecular weight is 405 g/mol. The maximum atomic E-state index is 12.7. The van der Waals surface area contributed by atoms with Crippen molar-refractivity contribution < 1.29 is 13.2 Å². The molecular formula is C15H14Cl2N2O3S2. The normalized spacial score (nSPS) is 18.7. The van der Waals surface area contributed by atoms with Crippen LogP contribution in [0.1, 0.15) is 12.8 Å². The summed E-state index contributed by atoms with van der Waals surface area (Å²) in [6.45, 7) is 0.321. The zero-order chi connectivity index (χ0) is 17.3. The van der Waals surface area contributed by atoms with Crippen LogP contribution in [0.15, 0.2) is 39.9 Å². The van der Waals surface area contributed by atoms with Crippen LogP contribution in [0.4, 0.5) is 5.69 Å². The van der Waals surface area contributed by atoms with Gasteiger partial charge in [0.25, 0.3) is 10.0 Å². The van der Waals surface area contributed by atoms with E-state index < -0.39 is 22.0 Å². The molecule has 2 aromatic rings. The standard InChI is InChI=1S/C15H14Cl2N2O3S2/c16-10-5-6-11(17)12(9-10)18-15(20)13-3-1-7-19(13)24(21,22)14-4-2-8-23-14/h2,4-6,8-9,13H,1,3,7H2,(H,18,20)/t13-/m0/s1. The second kappa shape index (κ2) is 7.01. The van der Waals surface area contributed by atoms with Crippen LogP contribution in [0, 0.1) is 0 Å². The number of benzene rings is 1. The fourth-order valence-electron chi connectivity index (χ4n) is 2.63. The molecule has 1 aromatic heterocycles. The first-order valence-corrected chi connectivity index (χ1v) is 10.3. The first-order valence-electron chi connectivity index (χ1n) is 7.21. The van der Waals surface area contributed by atoms with E-state index >= 15 is 0 Å². The van der Waals surface area contributed by atoms with E-state index in [0.29, 0.717) is 35.1 Å². The molecule has 1 atom stereocenters. The number of carbonyl (C=O) groups excluding carboxylic acids is 1. The van der Waals surface area contributed by atoms with Gasteiger partial charge in [-0.25, -0.2) is 8.42 Å². The van der Waals surface area contributed by atoms with Gasteiger partial charge in [-0.2, -0.15) is 4.31 Å². The van der Waals surface area contributed by atoms with E-state index in [1.807, 2.05) is 0 Å². The second-order valence-corrected chi connectivity index (χ2v) is 9.23. The van der Waals surface area contributed by atoms with Crippen molar-refractivity contribution in [2.75, 3.05) is 11.9 Å². The minimum atomic E-state index is -3.67. The molecule has 1 aliphatic rings. The Bertz CT molecular complexity index is 854. The van der Waals surface area contributed by atoms with E-state index in [2.05, 4.69) is 5.32 Å². The molecule has 5 nitrogen and oxygen atoms in total. The summed E-state index contributed by atoms with van der Waals surface area (Å²) in [4.78, 5) is 12.6. The van der Waals surface area contributed by atoms with Crippen LogP contribution >= 0.6 is 34.5 Å². The van der Waals surface area contributed by atoms with Crippen molar-refractivity contribution in [3.63, 3.8) is 0 Å². The zero-order valence-electron chi connectivity index (χ0n) is 12.4. The van der Waals surface area contributed by atoms with Gasteiger partial charge in [0.15, 0.2) is 0 Å². The number of sulfonamides is 1. The Kier molecular flexibility index (Phi) is 5.17. The summed E-state index contributed by atoms with van der Waals surface area (Å²) in [7, 11) is -3.67. The minimum Gasteiger partial charge on any atom is -0.323 e. The molecule has 2 heterocycles. The van der Waals surface area contributed by atoms with Gasteiger partial charge >= 0.3 is 0 Å². The maximum absolute atomic E-state index is 12.7. The molecule has 1 fully saturated rings. The molecule has 0 spiro atoms. The van der Waals surface area contributed by atoms with Crippen LogP contribution in [0.3, 0.4) is 0 Å². The third kappa shape index (κ3) is 3.45. The van der Waals surface area contributed by atoms with Gasteiger partial charge in [0, 0.05) is 11.6 Å². The molecule has 24 heavy (non-hydrogen) atoms. The van der Waals surface area contributed by atoms with E-state index in [1.54, 1.807) is 29.6 Å². The van der Waals surface area contributed by atoms with Gasteiger partial charge in [0.05, 0.1) is 10.7 Å². The Balaban J connectivity index is 1.83. The predicted molar refractivity (Wildman–Crippen MR) is 96.3 cm³/mol. The fourth-order valence-corrected chi connectivity index (χ4v) is 5.74. The van der Waals surface area contributed by atoms with Crippen LogP contribution in [-0.4, -0.2) is 31.2 Å². The van der Waals surface area contributed by atoms with Crippen molar-refractivity contribution in [1.29, 1.82) is 0 Å². The number of hydrogen-bond acceptors (Lipinski definition) is 4. The van der Waals surface area contributed by atoms with Gasteiger partial charge in [0.2, 0.25) is 5.91 Å². The maximum Gasteiger partial charge on any atom is 0.253 e. The highest BCUT2D eigenvalue weighted by molar-refractivity contribution is 7.91. The number of carbonyl (C=O) groups is 1. The van der Waals surface area contributed by atoms with Gasteiger partial charge in [-0.05, 0) is 42.5 Å². The number of thiophene rings is 1. The lowest BCUT2D eigenvalue weighted by Gasteiger charge is -2.22. The minimum absolute atomic E-state index is 0.239. The van der Waals surface area contributed by atoms with Crippen molar-refractivity contribution >= 4 is 56.2 Å². The van der Waals surface area contributed by atoms with E-state index in [0.717, 1.165) is 11.3 Å². The predicted octanol–water partition coefficient (Wildman–Crippen LogP) is 3.85. The Morgan fingerprint density at radius 3 is 2.79 bits per heavy atom. The number of nitrogens with one attached hydrogen (secondary N) is 1. The van der Waals surface area contributed by atoms with Crippen molar-refractivity contribution in [2.24, 2.45) is 0 Å². The molecule has 1 amide bonds. The Labute approximate surface area is 154 Å². The van der Waals surface area contributed by atoms with Crippen molar-refractivity contribution in [3.05, 3.63) is 45.8 Å². The number of halogens is 2. The van der Waals surface area contributed by atoms with Crippen LogP contribution in [0.25, 0.3) is 0 Å². The molecule has 0 radical (unpaired) electrons. The molecule has 1 N–H and O–H groups in total. The van der Waals surface area contributed by atoms with Gasteiger partial charge < -0.3 is 5.32 Å². The molecule has 0 saturated carbocycles. The first-order chi connectivity index (χ1) is 11.4. The highest BCUT2D eigenvalue weighted by atomic mass is 35.5. The van der Waals surface area contributed by atoms with Crippen LogP contribution in [-0.2, 0) is 14.8 Å². The van der Waals surface area contributed by atoms with Crippen LogP contribution in [0.5, 0.6) is 0 Å².